The lowest BCUT2D eigenvalue weighted by Gasteiger charge is -2.38. The van der Waals surface area contributed by atoms with E-state index < -0.39 is 0 Å². The molecule has 5 nitrogen and oxygen atoms in total. The maximum atomic E-state index is 14.0. The lowest BCUT2D eigenvalue weighted by Crippen LogP contribution is -2.44. The monoisotopic (exact) mass is 344 g/mol. The van der Waals surface area contributed by atoms with E-state index in [9.17, 15) is 4.39 Å². The summed E-state index contributed by atoms with van der Waals surface area (Å²) >= 11 is 0. The minimum absolute atomic E-state index is 0.134. The summed E-state index contributed by atoms with van der Waals surface area (Å²) < 4.78 is 19.7. The van der Waals surface area contributed by atoms with Gasteiger partial charge < -0.3 is 10.1 Å². The first-order chi connectivity index (χ1) is 12.2. The zero-order chi connectivity index (χ0) is 17.6. The van der Waals surface area contributed by atoms with Crippen LogP contribution in [0.2, 0.25) is 0 Å². The Morgan fingerprint density at radius 1 is 1.28 bits per heavy atom. The van der Waals surface area contributed by atoms with Gasteiger partial charge in [-0.2, -0.15) is 0 Å². The summed E-state index contributed by atoms with van der Waals surface area (Å²) in [7, 11) is 3.55. The van der Waals surface area contributed by atoms with Gasteiger partial charge in [-0.25, -0.2) is 14.4 Å². The summed E-state index contributed by atoms with van der Waals surface area (Å²) in [5.41, 5.74) is 1.85. The van der Waals surface area contributed by atoms with E-state index in [4.69, 9.17) is 4.74 Å². The number of benzene rings is 1. The second-order valence-corrected chi connectivity index (χ2v) is 6.52. The van der Waals surface area contributed by atoms with Crippen LogP contribution >= 0.6 is 0 Å². The molecule has 1 fully saturated rings. The van der Waals surface area contributed by atoms with E-state index in [1.807, 2.05) is 24.5 Å². The molecule has 0 spiro atoms. The fourth-order valence-corrected chi connectivity index (χ4v) is 3.51. The Kier molecular flexibility index (Phi) is 5.94. The Morgan fingerprint density at radius 3 is 2.72 bits per heavy atom. The molecule has 2 aromatic rings. The van der Waals surface area contributed by atoms with Crippen molar-refractivity contribution in [3.63, 3.8) is 0 Å². The van der Waals surface area contributed by atoms with Crippen molar-refractivity contribution in [3.05, 3.63) is 53.6 Å². The summed E-state index contributed by atoms with van der Waals surface area (Å²) in [6, 6.07) is 7.01. The number of nitrogens with one attached hydrogen (secondary N) is 1. The number of hydrogen-bond donors (Lipinski definition) is 1. The third-order valence-electron chi connectivity index (χ3n) is 4.83. The number of halogens is 1. The lowest BCUT2D eigenvalue weighted by atomic mass is 9.88. The van der Waals surface area contributed by atoms with E-state index in [-0.39, 0.29) is 17.8 Å². The summed E-state index contributed by atoms with van der Waals surface area (Å²) in [5.74, 6) is 0.762. The van der Waals surface area contributed by atoms with E-state index in [0.717, 1.165) is 37.2 Å². The number of aromatic nitrogens is 2. The third kappa shape index (κ3) is 4.52. The molecule has 0 saturated carbocycles. The molecule has 0 unspecified atom stereocenters. The maximum Gasteiger partial charge on any atom is 0.222 e. The van der Waals surface area contributed by atoms with Gasteiger partial charge in [-0.15, -0.1) is 0 Å². The van der Waals surface area contributed by atoms with Crippen LogP contribution in [0, 0.1) is 11.7 Å². The molecule has 2 heterocycles. The van der Waals surface area contributed by atoms with E-state index in [1.54, 1.807) is 20.2 Å². The standard InChI is InChI=1S/C19H25FN4O/c1-21-19-22-10-14(11-23-19)12-24-8-7-18(25-2)16(13-24)9-15-5-3-4-6-17(15)20/h3-6,10-11,16,18H,7-9,12-13H2,1-2H3,(H,21,22,23)/t16-,18-/m1/s1. The van der Waals surface area contributed by atoms with Gasteiger partial charge in [0.25, 0.3) is 0 Å². The van der Waals surface area contributed by atoms with Gasteiger partial charge in [0.05, 0.1) is 6.10 Å². The fourth-order valence-electron chi connectivity index (χ4n) is 3.51. The Morgan fingerprint density at radius 2 is 2.04 bits per heavy atom. The molecule has 0 aliphatic carbocycles. The molecule has 1 aromatic carbocycles. The number of anilines is 1. The Balaban J connectivity index is 1.66. The summed E-state index contributed by atoms with van der Waals surface area (Å²) in [4.78, 5) is 10.9. The SMILES string of the molecule is CNc1ncc(CN2CC[C@@H](OC)[C@H](Cc3ccccc3F)C2)cn1. The second kappa shape index (κ2) is 8.36. The van der Waals surface area contributed by atoms with Crippen molar-refractivity contribution >= 4 is 5.95 Å². The molecule has 1 aliphatic rings. The Hall–Kier alpha value is -2.05. The Bertz CT molecular complexity index is 679. The zero-order valence-electron chi connectivity index (χ0n) is 14.8. The van der Waals surface area contributed by atoms with Gasteiger partial charge in [-0.3, -0.25) is 4.90 Å². The molecule has 2 atom stereocenters. The van der Waals surface area contributed by atoms with Crippen LogP contribution in [-0.2, 0) is 17.7 Å². The maximum absolute atomic E-state index is 14.0. The van der Waals surface area contributed by atoms with Crippen LogP contribution in [0.1, 0.15) is 17.5 Å². The lowest BCUT2D eigenvalue weighted by molar-refractivity contribution is -0.00877. The molecular weight excluding hydrogens is 319 g/mol. The van der Waals surface area contributed by atoms with Crippen molar-refractivity contribution in [1.82, 2.24) is 14.9 Å². The quantitative estimate of drug-likeness (QED) is 0.873. The molecule has 3 rings (SSSR count). The highest BCUT2D eigenvalue weighted by atomic mass is 19.1. The van der Waals surface area contributed by atoms with Gasteiger partial charge in [0.15, 0.2) is 0 Å². The minimum atomic E-state index is -0.134. The highest BCUT2D eigenvalue weighted by Crippen LogP contribution is 2.25. The predicted molar refractivity (Wildman–Crippen MR) is 95.9 cm³/mol. The van der Waals surface area contributed by atoms with Crippen LogP contribution in [0.25, 0.3) is 0 Å². The molecule has 0 radical (unpaired) electrons. The largest absolute Gasteiger partial charge is 0.381 e. The average molecular weight is 344 g/mol. The predicted octanol–water partition coefficient (Wildman–Crippen LogP) is 2.74. The van der Waals surface area contributed by atoms with Crippen LogP contribution in [0.5, 0.6) is 0 Å². The highest BCUT2D eigenvalue weighted by Gasteiger charge is 2.30. The molecule has 0 amide bonds. The van der Waals surface area contributed by atoms with Gasteiger partial charge in [-0.05, 0) is 24.5 Å². The number of rotatable bonds is 6. The summed E-state index contributed by atoms with van der Waals surface area (Å²) in [6.07, 6.45) is 5.51. The van der Waals surface area contributed by atoms with Gasteiger partial charge in [0.1, 0.15) is 5.82 Å². The van der Waals surface area contributed by atoms with Gasteiger partial charge in [0.2, 0.25) is 5.95 Å². The van der Waals surface area contributed by atoms with Crippen molar-refractivity contribution in [2.45, 2.75) is 25.5 Å². The van der Waals surface area contributed by atoms with Crippen LogP contribution in [0.3, 0.4) is 0 Å². The van der Waals surface area contributed by atoms with E-state index in [0.29, 0.717) is 12.4 Å². The van der Waals surface area contributed by atoms with Crippen LogP contribution in [0.15, 0.2) is 36.7 Å². The van der Waals surface area contributed by atoms with Gasteiger partial charge in [-0.1, -0.05) is 18.2 Å². The Labute approximate surface area is 148 Å². The van der Waals surface area contributed by atoms with E-state index in [2.05, 4.69) is 20.2 Å². The van der Waals surface area contributed by atoms with Crippen molar-refractivity contribution < 1.29 is 9.13 Å². The number of ether oxygens (including phenoxy) is 1. The molecular formula is C19H25FN4O. The third-order valence-corrected chi connectivity index (χ3v) is 4.83. The van der Waals surface area contributed by atoms with Crippen molar-refractivity contribution in [3.8, 4) is 0 Å². The minimum Gasteiger partial charge on any atom is -0.381 e. The molecule has 1 N–H and O–H groups in total. The van der Waals surface area contributed by atoms with Crippen molar-refractivity contribution in [1.29, 1.82) is 0 Å². The van der Waals surface area contributed by atoms with Crippen LogP contribution < -0.4 is 5.32 Å². The molecule has 1 aromatic heterocycles. The van der Waals surface area contributed by atoms with Gasteiger partial charge in [0, 0.05) is 57.7 Å². The molecule has 1 saturated heterocycles. The van der Waals surface area contributed by atoms with Crippen LogP contribution in [-0.4, -0.2) is 48.2 Å². The average Bonchev–Trinajstić information content (AvgIpc) is 2.64. The first-order valence-corrected chi connectivity index (χ1v) is 8.67. The van der Waals surface area contributed by atoms with E-state index >= 15 is 0 Å². The second-order valence-electron chi connectivity index (χ2n) is 6.52. The highest BCUT2D eigenvalue weighted by molar-refractivity contribution is 5.23. The van der Waals surface area contributed by atoms with Crippen molar-refractivity contribution in [2.24, 2.45) is 5.92 Å². The summed E-state index contributed by atoms with van der Waals surface area (Å²) in [5, 5.41) is 2.92. The molecule has 25 heavy (non-hydrogen) atoms. The number of nitrogens with zero attached hydrogens (tertiary/aromatic N) is 3. The molecule has 1 aliphatic heterocycles. The number of hydrogen-bond acceptors (Lipinski definition) is 5. The first-order valence-electron chi connectivity index (χ1n) is 8.67. The van der Waals surface area contributed by atoms with Crippen molar-refractivity contribution in [2.75, 3.05) is 32.6 Å². The number of piperidine rings is 1. The first kappa shape index (κ1) is 17.8. The molecule has 6 heteroatoms. The van der Waals surface area contributed by atoms with Crippen LogP contribution in [0.4, 0.5) is 10.3 Å². The topological polar surface area (TPSA) is 50.3 Å². The fraction of sp³-hybridized carbons (Fsp3) is 0.474. The molecule has 134 valence electrons. The number of methoxy groups -OCH3 is 1. The smallest absolute Gasteiger partial charge is 0.222 e. The number of likely N-dealkylation sites (tertiary alicyclic amines) is 1. The summed E-state index contributed by atoms with van der Waals surface area (Å²) in [6.45, 7) is 2.63. The zero-order valence-corrected chi connectivity index (χ0v) is 14.8. The molecule has 0 bridgehead atoms. The normalized spacial score (nSPS) is 21.2. The van der Waals surface area contributed by atoms with E-state index in [1.165, 1.54) is 6.07 Å². The van der Waals surface area contributed by atoms with Gasteiger partial charge >= 0.3 is 0 Å².